The van der Waals surface area contributed by atoms with Gasteiger partial charge in [-0.15, -0.1) is 0 Å². The van der Waals surface area contributed by atoms with Crippen LogP contribution in [0.1, 0.15) is 6.92 Å². The van der Waals surface area contributed by atoms with Crippen LogP contribution in [0.4, 0.5) is 0 Å². The van der Waals surface area contributed by atoms with Gasteiger partial charge in [-0.3, -0.25) is 9.45 Å². The van der Waals surface area contributed by atoms with E-state index in [9.17, 15) is 13.2 Å². The number of nitrogens with zero attached hydrogens (tertiary/aromatic N) is 1. The van der Waals surface area contributed by atoms with Crippen LogP contribution >= 0.6 is 0 Å². The minimum Gasteiger partial charge on any atom is -0.456 e. The maximum atomic E-state index is 11.4. The highest BCUT2D eigenvalue weighted by atomic mass is 32.2. The van der Waals surface area contributed by atoms with Crippen molar-refractivity contribution in [3.63, 3.8) is 0 Å². The second kappa shape index (κ2) is 6.99. The summed E-state index contributed by atoms with van der Waals surface area (Å²) in [4.78, 5) is 13.4. The van der Waals surface area contributed by atoms with E-state index in [2.05, 4.69) is 6.58 Å². The van der Waals surface area contributed by atoms with Crippen LogP contribution in [0.25, 0.3) is 0 Å². The van der Waals surface area contributed by atoms with Gasteiger partial charge in [0.15, 0.2) is 0 Å². The molecule has 1 saturated heterocycles. The molecule has 19 heavy (non-hydrogen) atoms. The molecular formula is C11H19NO6S. The van der Waals surface area contributed by atoms with E-state index in [-0.39, 0.29) is 12.1 Å². The van der Waals surface area contributed by atoms with Crippen molar-refractivity contribution in [2.75, 3.05) is 38.6 Å². The third kappa shape index (κ3) is 6.67. The number of carbonyl (C=O) groups is 1. The van der Waals surface area contributed by atoms with Crippen molar-refractivity contribution in [1.29, 1.82) is 0 Å². The molecule has 1 fully saturated rings. The first kappa shape index (κ1) is 16.1. The molecule has 0 aliphatic carbocycles. The van der Waals surface area contributed by atoms with E-state index in [0.29, 0.717) is 26.3 Å². The summed E-state index contributed by atoms with van der Waals surface area (Å²) in [5.74, 6) is -1.29. The molecule has 1 aliphatic rings. The summed E-state index contributed by atoms with van der Waals surface area (Å²) in [6.07, 6.45) is -0.919. The summed E-state index contributed by atoms with van der Waals surface area (Å²) in [5, 5.41) is 0. The van der Waals surface area contributed by atoms with Gasteiger partial charge < -0.3 is 9.47 Å². The summed E-state index contributed by atoms with van der Waals surface area (Å²) < 4.78 is 41.0. The van der Waals surface area contributed by atoms with Crippen LogP contribution in [0, 0.1) is 0 Å². The van der Waals surface area contributed by atoms with Gasteiger partial charge in [0.1, 0.15) is 11.9 Å². The van der Waals surface area contributed by atoms with Gasteiger partial charge >= 0.3 is 5.97 Å². The summed E-state index contributed by atoms with van der Waals surface area (Å²) in [6, 6.07) is 0. The fraction of sp³-hybridized carbons (Fsp3) is 0.727. The Morgan fingerprint density at radius 1 is 1.47 bits per heavy atom. The van der Waals surface area contributed by atoms with E-state index in [1.807, 2.05) is 4.90 Å². The summed E-state index contributed by atoms with van der Waals surface area (Å²) in [5.41, 5.74) is 0.183. The maximum Gasteiger partial charge on any atom is 0.333 e. The largest absolute Gasteiger partial charge is 0.456 e. The lowest BCUT2D eigenvalue weighted by Crippen LogP contribution is -2.44. The standard InChI is InChI=1S/C11H19NO6S/c1-9(2)11(13)18-10(8-19(14,15)16)7-12-3-5-17-6-4-12/h10H,1,3-8H2,2H3,(H,14,15,16). The Kier molecular flexibility index (Phi) is 5.92. The van der Waals surface area contributed by atoms with Gasteiger partial charge in [0.05, 0.1) is 13.2 Å². The van der Waals surface area contributed by atoms with Crippen LogP contribution in [-0.4, -0.2) is 68.5 Å². The molecule has 1 heterocycles. The van der Waals surface area contributed by atoms with Crippen LogP contribution in [0.2, 0.25) is 0 Å². The quantitative estimate of drug-likeness (QED) is 0.408. The number of carbonyl (C=O) groups excluding carboxylic acids is 1. The minimum atomic E-state index is -4.21. The molecule has 0 aromatic heterocycles. The molecule has 8 heteroatoms. The van der Waals surface area contributed by atoms with Crippen molar-refractivity contribution < 1.29 is 27.2 Å². The van der Waals surface area contributed by atoms with Gasteiger partial charge in [-0.1, -0.05) is 6.58 Å². The van der Waals surface area contributed by atoms with Crippen molar-refractivity contribution in [2.45, 2.75) is 13.0 Å². The average Bonchev–Trinajstić information content (AvgIpc) is 2.27. The van der Waals surface area contributed by atoms with Crippen LogP contribution in [0.5, 0.6) is 0 Å². The molecule has 7 nitrogen and oxygen atoms in total. The fourth-order valence-corrected chi connectivity index (χ4v) is 2.33. The molecule has 0 bridgehead atoms. The lowest BCUT2D eigenvalue weighted by Gasteiger charge is -2.29. The van der Waals surface area contributed by atoms with Crippen molar-refractivity contribution in [2.24, 2.45) is 0 Å². The maximum absolute atomic E-state index is 11.4. The van der Waals surface area contributed by atoms with Crippen LogP contribution in [-0.2, 0) is 24.4 Å². The van der Waals surface area contributed by atoms with E-state index in [0.717, 1.165) is 0 Å². The van der Waals surface area contributed by atoms with Crippen LogP contribution < -0.4 is 0 Å². The molecule has 0 aromatic rings. The Hall–Kier alpha value is -0.960. The molecule has 1 atom stereocenters. The second-order valence-corrected chi connectivity index (χ2v) is 5.97. The number of esters is 1. The smallest absolute Gasteiger partial charge is 0.333 e. The van der Waals surface area contributed by atoms with Gasteiger partial charge in [-0.05, 0) is 6.92 Å². The van der Waals surface area contributed by atoms with Crippen molar-refractivity contribution in [3.05, 3.63) is 12.2 Å². The molecule has 0 radical (unpaired) electrons. The molecule has 110 valence electrons. The first-order valence-electron chi connectivity index (χ1n) is 5.89. The lowest BCUT2D eigenvalue weighted by molar-refractivity contribution is -0.144. The molecule has 0 amide bonds. The first-order chi connectivity index (χ1) is 8.78. The predicted octanol–water partition coefficient (Wildman–Crippen LogP) is -0.306. The Bertz CT molecular complexity index is 426. The second-order valence-electron chi connectivity index (χ2n) is 4.47. The zero-order valence-electron chi connectivity index (χ0n) is 10.9. The highest BCUT2D eigenvalue weighted by Crippen LogP contribution is 2.06. The summed E-state index contributed by atoms with van der Waals surface area (Å²) in [7, 11) is -4.21. The van der Waals surface area contributed by atoms with E-state index in [1.54, 1.807) is 0 Å². The Morgan fingerprint density at radius 3 is 2.53 bits per heavy atom. The molecule has 0 saturated carbocycles. The highest BCUT2D eigenvalue weighted by Gasteiger charge is 2.25. The number of ether oxygens (including phenoxy) is 2. The van der Waals surface area contributed by atoms with E-state index >= 15 is 0 Å². The molecular weight excluding hydrogens is 274 g/mol. The number of morpholine rings is 1. The fourth-order valence-electron chi connectivity index (χ4n) is 1.68. The van der Waals surface area contributed by atoms with Gasteiger partial charge in [-0.2, -0.15) is 8.42 Å². The van der Waals surface area contributed by atoms with Gasteiger partial charge in [0.2, 0.25) is 0 Å². The zero-order valence-corrected chi connectivity index (χ0v) is 11.7. The summed E-state index contributed by atoms with van der Waals surface area (Å²) in [6.45, 7) is 7.50. The number of hydrogen-bond acceptors (Lipinski definition) is 6. The van der Waals surface area contributed by atoms with Crippen LogP contribution in [0.15, 0.2) is 12.2 Å². The monoisotopic (exact) mass is 293 g/mol. The van der Waals surface area contributed by atoms with Gasteiger partial charge in [0.25, 0.3) is 10.1 Å². The molecule has 1 aliphatic heterocycles. The van der Waals surface area contributed by atoms with Crippen molar-refractivity contribution in [1.82, 2.24) is 4.90 Å². The Morgan fingerprint density at radius 2 is 2.05 bits per heavy atom. The summed E-state index contributed by atoms with van der Waals surface area (Å²) >= 11 is 0. The molecule has 1 N–H and O–H groups in total. The topological polar surface area (TPSA) is 93.1 Å². The van der Waals surface area contributed by atoms with E-state index < -0.39 is 27.9 Å². The SMILES string of the molecule is C=C(C)C(=O)OC(CN1CCOCC1)CS(=O)(=O)O. The molecule has 1 rings (SSSR count). The Labute approximate surface area is 112 Å². The molecule has 0 aromatic carbocycles. The lowest BCUT2D eigenvalue weighted by atomic mass is 10.3. The third-order valence-electron chi connectivity index (χ3n) is 2.58. The van der Waals surface area contributed by atoms with E-state index in [1.165, 1.54) is 6.92 Å². The van der Waals surface area contributed by atoms with Gasteiger partial charge in [-0.25, -0.2) is 4.79 Å². The highest BCUT2D eigenvalue weighted by molar-refractivity contribution is 7.85. The van der Waals surface area contributed by atoms with Crippen molar-refractivity contribution in [3.8, 4) is 0 Å². The zero-order chi connectivity index (χ0) is 14.5. The third-order valence-corrected chi connectivity index (χ3v) is 3.38. The minimum absolute atomic E-state index is 0.183. The first-order valence-corrected chi connectivity index (χ1v) is 7.50. The Balaban J connectivity index is 2.62. The molecule has 1 unspecified atom stereocenters. The van der Waals surface area contributed by atoms with Crippen LogP contribution in [0.3, 0.4) is 0 Å². The number of hydrogen-bond donors (Lipinski definition) is 1. The van der Waals surface area contributed by atoms with Crippen molar-refractivity contribution >= 4 is 16.1 Å². The average molecular weight is 293 g/mol. The molecule has 0 spiro atoms. The number of rotatable bonds is 6. The predicted molar refractivity (Wildman–Crippen MR) is 68.4 cm³/mol. The normalized spacial score (nSPS) is 18.8. The van der Waals surface area contributed by atoms with Gasteiger partial charge in [0, 0.05) is 25.2 Å². The van der Waals surface area contributed by atoms with E-state index in [4.69, 9.17) is 14.0 Å².